The molecule has 50 heavy (non-hydrogen) atoms. The lowest BCUT2D eigenvalue weighted by atomic mass is 9.63. The molecule has 0 atom stereocenters. The highest BCUT2D eigenvalue weighted by molar-refractivity contribution is 5.79. The highest BCUT2D eigenvalue weighted by Crippen LogP contribution is 2.55. The maximum absolute atomic E-state index is 6.52. The molecule has 0 saturated carbocycles. The van der Waals surface area contributed by atoms with Crippen LogP contribution in [0.15, 0.2) is 188 Å². The van der Waals surface area contributed by atoms with Gasteiger partial charge in [-0.15, -0.1) is 0 Å². The number of benzene rings is 5. The van der Waals surface area contributed by atoms with Crippen LogP contribution in [-0.4, -0.2) is 15.0 Å². The van der Waals surface area contributed by atoms with E-state index in [1.807, 2.05) is 48.5 Å². The van der Waals surface area contributed by atoms with Crippen LogP contribution in [0.4, 0.5) is 0 Å². The molecule has 4 heterocycles. The molecule has 0 fully saturated rings. The van der Waals surface area contributed by atoms with Crippen LogP contribution in [0.25, 0.3) is 45.0 Å². The van der Waals surface area contributed by atoms with Crippen LogP contribution >= 0.6 is 0 Å². The molecule has 0 radical (unpaired) electrons. The van der Waals surface area contributed by atoms with Crippen LogP contribution in [0, 0.1) is 0 Å². The molecule has 9 rings (SSSR count). The Kier molecular flexibility index (Phi) is 7.33. The summed E-state index contributed by atoms with van der Waals surface area (Å²) in [7, 11) is 0. The van der Waals surface area contributed by atoms with Gasteiger partial charge in [0.2, 0.25) is 0 Å². The highest BCUT2D eigenvalue weighted by Gasteiger charge is 2.45. The van der Waals surface area contributed by atoms with E-state index in [-0.39, 0.29) is 0 Å². The molecule has 0 saturated heterocycles. The van der Waals surface area contributed by atoms with E-state index in [4.69, 9.17) is 9.72 Å². The zero-order chi connectivity index (χ0) is 33.3. The lowest BCUT2D eigenvalue weighted by Gasteiger charge is -2.41. The quantitative estimate of drug-likeness (QED) is 0.181. The highest BCUT2D eigenvalue weighted by atomic mass is 16.5. The number of fused-ring (bicyclic) bond motifs is 2. The third-order valence-corrected chi connectivity index (χ3v) is 9.51. The van der Waals surface area contributed by atoms with E-state index in [1.54, 1.807) is 12.4 Å². The molecule has 0 amide bonds. The van der Waals surface area contributed by atoms with E-state index in [0.29, 0.717) is 0 Å². The zero-order valence-electron chi connectivity index (χ0n) is 27.1. The first-order valence-corrected chi connectivity index (χ1v) is 16.8. The Morgan fingerprint density at radius 2 is 0.860 bits per heavy atom. The van der Waals surface area contributed by atoms with Crippen molar-refractivity contribution >= 4 is 0 Å². The van der Waals surface area contributed by atoms with Gasteiger partial charge < -0.3 is 4.74 Å². The monoisotopic (exact) mass is 641 g/mol. The first kappa shape index (κ1) is 29.5. The summed E-state index contributed by atoms with van der Waals surface area (Å²) in [6.45, 7) is 0. The number of nitrogens with zero attached hydrogens (tertiary/aromatic N) is 3. The molecule has 0 bridgehead atoms. The van der Waals surface area contributed by atoms with Crippen LogP contribution in [0.1, 0.15) is 22.3 Å². The summed E-state index contributed by atoms with van der Waals surface area (Å²) >= 11 is 0. The number of ether oxygens (including phenoxy) is 1. The van der Waals surface area contributed by atoms with Crippen LogP contribution in [0.3, 0.4) is 0 Å². The maximum atomic E-state index is 6.52. The second-order valence-corrected chi connectivity index (χ2v) is 12.4. The number of pyridine rings is 3. The van der Waals surface area contributed by atoms with Gasteiger partial charge in [-0.1, -0.05) is 115 Å². The molecule has 0 spiro atoms. The molecule has 4 nitrogen and oxygen atoms in total. The molecule has 0 aliphatic carbocycles. The van der Waals surface area contributed by atoms with Crippen molar-refractivity contribution in [2.45, 2.75) is 5.41 Å². The van der Waals surface area contributed by atoms with E-state index in [1.165, 1.54) is 11.1 Å². The molecule has 8 aromatic rings. The SMILES string of the molecule is c1ccc(C2(c3cccc(-c4cccc(-c5cc(-c6ccccn6)nc(-c6ccccn6)c5)c4)c3)c3ccccc3Oc3ccccc32)cc1. The number of hydrogen-bond donors (Lipinski definition) is 0. The number of para-hydroxylation sites is 2. The van der Waals surface area contributed by atoms with Crippen LogP contribution < -0.4 is 4.74 Å². The van der Waals surface area contributed by atoms with Crippen molar-refractivity contribution < 1.29 is 4.74 Å². The van der Waals surface area contributed by atoms with Gasteiger partial charge in [-0.25, -0.2) is 4.98 Å². The number of hydrogen-bond acceptors (Lipinski definition) is 4. The summed E-state index contributed by atoms with van der Waals surface area (Å²) < 4.78 is 6.52. The van der Waals surface area contributed by atoms with Crippen LogP contribution in [0.2, 0.25) is 0 Å². The summed E-state index contributed by atoms with van der Waals surface area (Å²) in [6.07, 6.45) is 3.60. The first-order chi connectivity index (χ1) is 24.8. The zero-order valence-corrected chi connectivity index (χ0v) is 27.1. The number of aromatic nitrogens is 3. The topological polar surface area (TPSA) is 47.9 Å². The summed E-state index contributed by atoms with van der Waals surface area (Å²) in [5.74, 6) is 1.74. The van der Waals surface area contributed by atoms with Crippen molar-refractivity contribution in [2.75, 3.05) is 0 Å². The largest absolute Gasteiger partial charge is 0.457 e. The van der Waals surface area contributed by atoms with Crippen LogP contribution in [-0.2, 0) is 5.41 Å². The molecule has 5 aromatic carbocycles. The lowest BCUT2D eigenvalue weighted by Crippen LogP contribution is -2.34. The molecule has 0 N–H and O–H groups in total. The van der Waals surface area contributed by atoms with E-state index < -0.39 is 5.41 Å². The summed E-state index contributed by atoms with van der Waals surface area (Å²) in [5, 5.41) is 0. The van der Waals surface area contributed by atoms with Crippen molar-refractivity contribution in [1.82, 2.24) is 15.0 Å². The Bertz CT molecular complexity index is 2360. The van der Waals surface area contributed by atoms with E-state index in [9.17, 15) is 0 Å². The molecule has 236 valence electrons. The average molecular weight is 642 g/mol. The normalized spacial score (nSPS) is 12.7. The predicted octanol–water partition coefficient (Wildman–Crippen LogP) is 11.0. The standard InChI is InChI=1S/C46H31N3O/c1-2-17-36(18-3-1)46(38-20-4-6-24-44(38)50-45-25-7-5-21-39(45)46)37-19-13-16-34(29-37)32-14-12-15-33(28-32)35-30-42(40-22-8-10-26-47-40)49-43(31-35)41-23-9-11-27-48-41/h1-31H. The Hall–Kier alpha value is -6.65. The van der Waals surface area contributed by atoms with Crippen molar-refractivity contribution in [3.63, 3.8) is 0 Å². The van der Waals surface area contributed by atoms with E-state index in [2.05, 4.69) is 137 Å². The van der Waals surface area contributed by atoms with Crippen molar-refractivity contribution in [3.05, 3.63) is 211 Å². The molecule has 1 aliphatic heterocycles. The van der Waals surface area contributed by atoms with Gasteiger partial charge >= 0.3 is 0 Å². The molecular formula is C46H31N3O. The predicted molar refractivity (Wildman–Crippen MR) is 200 cm³/mol. The third-order valence-electron chi connectivity index (χ3n) is 9.51. The van der Waals surface area contributed by atoms with Gasteiger partial charge in [-0.2, -0.15) is 0 Å². The van der Waals surface area contributed by atoms with Gasteiger partial charge in [0.15, 0.2) is 0 Å². The van der Waals surface area contributed by atoms with Crippen molar-refractivity contribution in [3.8, 4) is 56.5 Å². The average Bonchev–Trinajstić information content (AvgIpc) is 3.21. The van der Waals surface area contributed by atoms with Gasteiger partial charge in [0.1, 0.15) is 11.5 Å². The van der Waals surface area contributed by atoms with E-state index >= 15 is 0 Å². The van der Waals surface area contributed by atoms with E-state index in [0.717, 1.165) is 67.7 Å². The second kappa shape index (κ2) is 12.4. The number of rotatable bonds is 6. The van der Waals surface area contributed by atoms with Gasteiger partial charge in [-0.05, 0) is 94.0 Å². The fraction of sp³-hybridized carbons (Fsp3) is 0.0217. The molecule has 3 aromatic heterocycles. The fourth-order valence-corrected chi connectivity index (χ4v) is 7.27. The Balaban J connectivity index is 1.21. The Morgan fingerprint density at radius 3 is 1.46 bits per heavy atom. The second-order valence-electron chi connectivity index (χ2n) is 12.4. The molecule has 4 heteroatoms. The third kappa shape index (κ3) is 5.06. The Labute approximate surface area is 291 Å². The molecule has 0 unspecified atom stereocenters. The summed E-state index contributed by atoms with van der Waals surface area (Å²) in [4.78, 5) is 14.2. The van der Waals surface area contributed by atoms with Gasteiger partial charge in [0.25, 0.3) is 0 Å². The van der Waals surface area contributed by atoms with Crippen LogP contribution in [0.5, 0.6) is 11.5 Å². The first-order valence-electron chi connectivity index (χ1n) is 16.8. The van der Waals surface area contributed by atoms with Gasteiger partial charge in [-0.3, -0.25) is 9.97 Å². The minimum absolute atomic E-state index is 0.583. The molecular weight excluding hydrogens is 611 g/mol. The maximum Gasteiger partial charge on any atom is 0.132 e. The minimum Gasteiger partial charge on any atom is -0.457 e. The minimum atomic E-state index is -0.583. The smallest absolute Gasteiger partial charge is 0.132 e. The fourth-order valence-electron chi connectivity index (χ4n) is 7.27. The molecule has 1 aliphatic rings. The van der Waals surface area contributed by atoms with Crippen molar-refractivity contribution in [1.29, 1.82) is 0 Å². The lowest BCUT2D eigenvalue weighted by molar-refractivity contribution is 0.434. The van der Waals surface area contributed by atoms with Gasteiger partial charge in [0.05, 0.1) is 28.2 Å². The Morgan fingerprint density at radius 1 is 0.360 bits per heavy atom. The van der Waals surface area contributed by atoms with Crippen molar-refractivity contribution in [2.24, 2.45) is 0 Å². The summed E-state index contributed by atoms with van der Waals surface area (Å²) in [5.41, 5.74) is 11.7. The van der Waals surface area contributed by atoms with Gasteiger partial charge in [0, 0.05) is 23.5 Å². The summed E-state index contributed by atoms with van der Waals surface area (Å²) in [6, 6.07) is 61.4.